The van der Waals surface area contributed by atoms with Gasteiger partial charge >= 0.3 is 6.09 Å². The lowest BCUT2D eigenvalue weighted by atomic mass is 10.1. The Balaban J connectivity index is 1.49. The minimum Gasteiger partial charge on any atom is -0.456 e. The van der Waals surface area contributed by atoms with Crippen molar-refractivity contribution in [1.29, 1.82) is 0 Å². The normalized spacial score (nSPS) is 16.0. The summed E-state index contributed by atoms with van der Waals surface area (Å²) in [7, 11) is 0. The average molecular weight is 481 g/mol. The summed E-state index contributed by atoms with van der Waals surface area (Å²) in [6, 6.07) is 7.67. The molecule has 2 aromatic heterocycles. The predicted octanol–water partition coefficient (Wildman–Crippen LogP) is 4.86. The second kappa shape index (κ2) is 10.1. The van der Waals surface area contributed by atoms with Gasteiger partial charge in [0.15, 0.2) is 0 Å². The maximum atomic E-state index is 13.9. The van der Waals surface area contributed by atoms with Crippen LogP contribution in [-0.2, 0) is 4.74 Å². The van der Waals surface area contributed by atoms with Crippen LogP contribution in [0.1, 0.15) is 33.6 Å². The number of benzene rings is 1. The molecule has 1 aromatic carbocycles. The molecule has 1 aliphatic heterocycles. The Bertz CT molecular complexity index is 1200. The number of hydrogen-bond acceptors (Lipinski definition) is 8. The molecule has 35 heavy (non-hydrogen) atoms. The lowest BCUT2D eigenvalue weighted by Gasteiger charge is -2.34. The molecule has 0 saturated carbocycles. The molecule has 4 rings (SSSR count). The van der Waals surface area contributed by atoms with E-state index in [0.29, 0.717) is 41.8 Å². The molecule has 3 aromatic rings. The Morgan fingerprint density at radius 3 is 2.83 bits per heavy atom. The van der Waals surface area contributed by atoms with Crippen LogP contribution in [-0.4, -0.2) is 50.7 Å². The number of carbonyl (C=O) groups is 1. The summed E-state index contributed by atoms with van der Waals surface area (Å²) in [5.41, 5.74) is 6.26. The number of likely N-dealkylation sites (tertiary alicyclic amines) is 1. The molecule has 9 nitrogen and oxygen atoms in total. The van der Waals surface area contributed by atoms with E-state index in [1.807, 2.05) is 20.8 Å². The van der Waals surface area contributed by atoms with Gasteiger partial charge in [-0.1, -0.05) is 0 Å². The van der Waals surface area contributed by atoms with Crippen LogP contribution in [0.4, 0.5) is 20.8 Å². The van der Waals surface area contributed by atoms with Crippen LogP contribution in [0.15, 0.2) is 48.9 Å². The fourth-order valence-electron chi connectivity index (χ4n) is 3.71. The SMILES string of the molecule is CC(C)(C)OC(=O)N1CCC[C@H](Nc2nccc(-c3cnccc3Oc3ccc(N)c(F)c3)n2)C1. The average Bonchev–Trinajstić information content (AvgIpc) is 2.81. The summed E-state index contributed by atoms with van der Waals surface area (Å²) in [5, 5.41) is 3.33. The van der Waals surface area contributed by atoms with E-state index in [1.54, 1.807) is 41.7 Å². The van der Waals surface area contributed by atoms with E-state index in [0.717, 1.165) is 12.8 Å². The number of rotatable bonds is 5. The quantitative estimate of drug-likeness (QED) is 0.497. The third kappa shape index (κ3) is 6.34. The van der Waals surface area contributed by atoms with Crippen LogP contribution in [0.5, 0.6) is 11.5 Å². The van der Waals surface area contributed by atoms with Crippen LogP contribution in [0.2, 0.25) is 0 Å². The number of nitrogens with two attached hydrogens (primary N) is 1. The monoisotopic (exact) mass is 480 g/mol. The van der Waals surface area contributed by atoms with Crippen molar-refractivity contribution in [2.45, 2.75) is 45.3 Å². The number of amides is 1. The summed E-state index contributed by atoms with van der Waals surface area (Å²) in [6.45, 7) is 6.70. The van der Waals surface area contributed by atoms with Crippen LogP contribution >= 0.6 is 0 Å². The van der Waals surface area contributed by atoms with Crippen LogP contribution < -0.4 is 15.8 Å². The van der Waals surface area contributed by atoms with Gasteiger partial charge in [-0.2, -0.15) is 0 Å². The Hall–Kier alpha value is -3.95. The fraction of sp³-hybridized carbons (Fsp3) is 0.360. The van der Waals surface area contributed by atoms with Crippen molar-refractivity contribution in [3.8, 4) is 22.8 Å². The fourth-order valence-corrected chi connectivity index (χ4v) is 3.71. The molecular weight excluding hydrogens is 451 g/mol. The van der Waals surface area contributed by atoms with Crippen LogP contribution in [0.25, 0.3) is 11.3 Å². The molecule has 1 saturated heterocycles. The first-order chi connectivity index (χ1) is 16.7. The zero-order valence-electron chi connectivity index (χ0n) is 20.0. The van der Waals surface area contributed by atoms with E-state index in [-0.39, 0.29) is 17.8 Å². The second-order valence-electron chi connectivity index (χ2n) is 9.33. The van der Waals surface area contributed by atoms with Gasteiger partial charge in [0.1, 0.15) is 22.9 Å². The number of hydrogen-bond donors (Lipinski definition) is 2. The van der Waals surface area contributed by atoms with E-state index in [1.165, 1.54) is 12.1 Å². The molecule has 0 spiro atoms. The highest BCUT2D eigenvalue weighted by molar-refractivity contribution is 5.69. The predicted molar refractivity (Wildman–Crippen MR) is 131 cm³/mol. The molecule has 3 N–H and O–H groups in total. The first kappa shape index (κ1) is 24.2. The van der Waals surface area contributed by atoms with Gasteiger partial charge in [0.2, 0.25) is 5.95 Å². The molecule has 0 aliphatic carbocycles. The van der Waals surface area contributed by atoms with Crippen molar-refractivity contribution in [3.63, 3.8) is 0 Å². The minimum absolute atomic E-state index is 0.0195. The number of nitrogen functional groups attached to an aromatic ring is 1. The number of nitrogens with zero attached hydrogens (tertiary/aromatic N) is 4. The molecule has 3 heterocycles. The standard InChI is InChI=1S/C25H29FN6O3/c1-25(2,3)35-24(33)32-12-4-5-16(15-32)30-23-29-11-8-21(31-23)18-14-28-10-9-22(18)34-17-6-7-20(27)19(26)13-17/h6-11,13-14,16H,4-5,12,15,27H2,1-3H3,(H,29,30,31)/t16-/m0/s1. The van der Waals surface area contributed by atoms with Gasteiger partial charge in [-0.3, -0.25) is 4.98 Å². The third-order valence-corrected chi connectivity index (χ3v) is 5.32. The first-order valence-corrected chi connectivity index (χ1v) is 11.4. The number of halogens is 1. The maximum absolute atomic E-state index is 13.9. The molecule has 1 fully saturated rings. The molecule has 0 bridgehead atoms. The van der Waals surface area contributed by atoms with Gasteiger partial charge in [-0.15, -0.1) is 0 Å². The highest BCUT2D eigenvalue weighted by Crippen LogP contribution is 2.32. The van der Waals surface area contributed by atoms with Crippen molar-refractivity contribution >= 4 is 17.7 Å². The summed E-state index contributed by atoms with van der Waals surface area (Å²) in [4.78, 5) is 27.3. The number of nitrogens with one attached hydrogen (secondary N) is 1. The smallest absolute Gasteiger partial charge is 0.410 e. The van der Waals surface area contributed by atoms with Crippen LogP contribution in [0.3, 0.4) is 0 Å². The number of aromatic nitrogens is 3. The summed E-state index contributed by atoms with van der Waals surface area (Å²) < 4.78 is 25.3. The van der Waals surface area contributed by atoms with E-state index < -0.39 is 11.4 Å². The van der Waals surface area contributed by atoms with Gasteiger partial charge in [0.05, 0.1) is 16.9 Å². The largest absolute Gasteiger partial charge is 0.456 e. The second-order valence-corrected chi connectivity index (χ2v) is 9.33. The van der Waals surface area contributed by atoms with E-state index in [2.05, 4.69) is 20.3 Å². The number of anilines is 2. The third-order valence-electron chi connectivity index (χ3n) is 5.32. The Morgan fingerprint density at radius 2 is 2.06 bits per heavy atom. The van der Waals surface area contributed by atoms with Crippen molar-refractivity contribution in [3.05, 3.63) is 54.7 Å². The van der Waals surface area contributed by atoms with E-state index >= 15 is 0 Å². The van der Waals surface area contributed by atoms with Crippen molar-refractivity contribution in [1.82, 2.24) is 19.9 Å². The van der Waals surface area contributed by atoms with Gasteiger partial charge < -0.3 is 25.4 Å². The number of pyridine rings is 1. The Labute approximate surface area is 203 Å². The molecule has 10 heteroatoms. The summed E-state index contributed by atoms with van der Waals surface area (Å²) in [5.74, 6) is 0.634. The minimum atomic E-state index is -0.556. The van der Waals surface area contributed by atoms with Crippen molar-refractivity contribution in [2.75, 3.05) is 24.1 Å². The topological polar surface area (TPSA) is 115 Å². The molecule has 0 radical (unpaired) electrons. The maximum Gasteiger partial charge on any atom is 0.410 e. The zero-order valence-corrected chi connectivity index (χ0v) is 20.0. The number of piperidine rings is 1. The molecule has 1 aliphatic rings. The first-order valence-electron chi connectivity index (χ1n) is 11.4. The zero-order chi connectivity index (χ0) is 25.0. The van der Waals surface area contributed by atoms with E-state index in [9.17, 15) is 9.18 Å². The molecule has 0 unspecified atom stereocenters. The summed E-state index contributed by atoms with van der Waals surface area (Å²) >= 11 is 0. The van der Waals surface area contributed by atoms with Gasteiger partial charge in [-0.05, 0) is 57.9 Å². The van der Waals surface area contributed by atoms with Crippen molar-refractivity contribution < 1.29 is 18.7 Å². The van der Waals surface area contributed by atoms with Gasteiger partial charge in [-0.25, -0.2) is 19.2 Å². The Kier molecular flexibility index (Phi) is 6.99. The molecular formula is C25H29FN6O3. The Morgan fingerprint density at radius 1 is 1.23 bits per heavy atom. The number of carbonyl (C=O) groups excluding carboxylic acids is 1. The van der Waals surface area contributed by atoms with Crippen molar-refractivity contribution in [2.24, 2.45) is 0 Å². The molecule has 1 amide bonds. The van der Waals surface area contributed by atoms with Crippen LogP contribution in [0, 0.1) is 5.82 Å². The summed E-state index contributed by atoms with van der Waals surface area (Å²) in [6.07, 6.45) is 6.24. The lowest BCUT2D eigenvalue weighted by molar-refractivity contribution is 0.0206. The molecule has 184 valence electrons. The van der Waals surface area contributed by atoms with E-state index in [4.69, 9.17) is 15.2 Å². The molecule has 1 atom stereocenters. The highest BCUT2D eigenvalue weighted by atomic mass is 19.1. The number of ether oxygens (including phenoxy) is 2. The highest BCUT2D eigenvalue weighted by Gasteiger charge is 2.28. The lowest BCUT2D eigenvalue weighted by Crippen LogP contribution is -2.47. The van der Waals surface area contributed by atoms with Gasteiger partial charge in [0, 0.05) is 43.8 Å². The van der Waals surface area contributed by atoms with Gasteiger partial charge in [0.25, 0.3) is 0 Å².